The van der Waals surface area contributed by atoms with Crippen LogP contribution in [0.3, 0.4) is 0 Å². The Morgan fingerprint density at radius 2 is 2.32 bits per heavy atom. The Labute approximate surface area is 133 Å². The number of fused-ring (bicyclic) bond motifs is 1. The molecule has 0 radical (unpaired) electrons. The maximum absolute atomic E-state index is 12.4. The smallest absolute Gasteiger partial charge is 0.242 e. The van der Waals surface area contributed by atoms with Crippen molar-refractivity contribution in [2.45, 2.75) is 26.3 Å². The highest BCUT2D eigenvalue weighted by molar-refractivity contribution is 7.13. The first kappa shape index (κ1) is 15.1. The van der Waals surface area contributed by atoms with Gasteiger partial charge in [0.1, 0.15) is 5.82 Å². The van der Waals surface area contributed by atoms with E-state index in [-0.39, 0.29) is 5.91 Å². The first-order valence-corrected chi connectivity index (χ1v) is 8.27. The summed E-state index contributed by atoms with van der Waals surface area (Å²) < 4.78 is 0. The van der Waals surface area contributed by atoms with E-state index in [1.54, 1.807) is 18.1 Å². The number of rotatable bonds is 4. The third-order valence-electron chi connectivity index (χ3n) is 3.83. The molecule has 2 aromatic heterocycles. The fourth-order valence-corrected chi connectivity index (χ4v) is 3.11. The number of hydrogen-bond donors (Lipinski definition) is 0. The lowest BCUT2D eigenvalue weighted by atomic mass is 10.1. The minimum Gasteiger partial charge on any atom is -0.290 e. The Bertz CT molecular complexity index is 658. The summed E-state index contributed by atoms with van der Waals surface area (Å²) in [4.78, 5) is 29.2. The van der Waals surface area contributed by atoms with E-state index in [9.17, 15) is 4.79 Å². The molecule has 0 bridgehead atoms. The second-order valence-corrected chi connectivity index (χ2v) is 6.21. The van der Waals surface area contributed by atoms with E-state index >= 15 is 0 Å². The number of likely N-dealkylation sites (N-methyl/N-ethyl adjacent to an activating group) is 1. The number of aromatic nitrogens is 3. The number of carbonyl (C=O) groups excluding carboxylic acids is 1. The number of thiazole rings is 1. The van der Waals surface area contributed by atoms with Crippen LogP contribution in [0.15, 0.2) is 17.8 Å². The van der Waals surface area contributed by atoms with Crippen LogP contribution in [0.5, 0.6) is 0 Å². The first-order valence-electron chi connectivity index (χ1n) is 7.39. The van der Waals surface area contributed by atoms with Gasteiger partial charge in [-0.15, -0.1) is 11.3 Å². The molecular formula is C15H19N5OS. The lowest BCUT2D eigenvalue weighted by Crippen LogP contribution is -2.41. The molecule has 2 aromatic rings. The molecule has 0 N–H and O–H groups in total. The summed E-state index contributed by atoms with van der Waals surface area (Å²) in [5.41, 5.74) is 2.26. The van der Waals surface area contributed by atoms with Crippen molar-refractivity contribution in [1.82, 2.24) is 19.9 Å². The van der Waals surface area contributed by atoms with Gasteiger partial charge in [-0.25, -0.2) is 15.0 Å². The van der Waals surface area contributed by atoms with E-state index in [4.69, 9.17) is 0 Å². The highest BCUT2D eigenvalue weighted by Crippen LogP contribution is 2.19. The van der Waals surface area contributed by atoms with Crippen molar-refractivity contribution in [3.63, 3.8) is 0 Å². The number of nitrogens with zero attached hydrogens (tertiary/aromatic N) is 5. The zero-order valence-corrected chi connectivity index (χ0v) is 13.6. The Morgan fingerprint density at radius 3 is 3.05 bits per heavy atom. The van der Waals surface area contributed by atoms with Crippen LogP contribution >= 0.6 is 11.3 Å². The molecule has 0 saturated carbocycles. The number of anilines is 1. The van der Waals surface area contributed by atoms with Crippen molar-refractivity contribution in [2.24, 2.45) is 0 Å². The number of hydrogen-bond acceptors (Lipinski definition) is 6. The lowest BCUT2D eigenvalue weighted by Gasteiger charge is -2.28. The molecule has 0 aliphatic carbocycles. The molecule has 1 aliphatic rings. The van der Waals surface area contributed by atoms with E-state index in [1.807, 2.05) is 11.6 Å². The van der Waals surface area contributed by atoms with Gasteiger partial charge in [-0.05, 0) is 12.0 Å². The Morgan fingerprint density at radius 1 is 1.45 bits per heavy atom. The molecule has 0 spiro atoms. The molecule has 22 heavy (non-hydrogen) atoms. The molecule has 1 amide bonds. The van der Waals surface area contributed by atoms with Crippen LogP contribution in [0, 0.1) is 0 Å². The number of aryl methyl sites for hydroxylation is 1. The fraction of sp³-hybridized carbons (Fsp3) is 0.467. The predicted octanol–water partition coefficient (Wildman–Crippen LogP) is 1.52. The van der Waals surface area contributed by atoms with Gasteiger partial charge in [0.15, 0.2) is 5.13 Å². The maximum Gasteiger partial charge on any atom is 0.242 e. The standard InChI is InChI=1S/C15H19N5OS/c1-3-13-17-8-11-4-6-20(9-12(11)18-13)10-14(21)19(2)15-16-5-7-22-15/h5,7-8H,3-4,6,9-10H2,1-2H3. The molecule has 0 aromatic carbocycles. The van der Waals surface area contributed by atoms with Crippen LogP contribution < -0.4 is 4.90 Å². The first-order chi connectivity index (χ1) is 10.7. The minimum absolute atomic E-state index is 0.0585. The van der Waals surface area contributed by atoms with Crippen molar-refractivity contribution < 1.29 is 4.79 Å². The second-order valence-electron chi connectivity index (χ2n) is 5.34. The van der Waals surface area contributed by atoms with Crippen LogP contribution in [0.2, 0.25) is 0 Å². The van der Waals surface area contributed by atoms with Gasteiger partial charge in [-0.3, -0.25) is 14.6 Å². The largest absolute Gasteiger partial charge is 0.290 e. The summed E-state index contributed by atoms with van der Waals surface area (Å²) in [7, 11) is 1.77. The van der Waals surface area contributed by atoms with Gasteiger partial charge < -0.3 is 0 Å². The van der Waals surface area contributed by atoms with Crippen LogP contribution in [0.1, 0.15) is 24.0 Å². The van der Waals surface area contributed by atoms with Gasteiger partial charge in [0.05, 0.1) is 12.2 Å². The molecule has 3 heterocycles. The Kier molecular flexibility index (Phi) is 4.44. The highest BCUT2D eigenvalue weighted by atomic mass is 32.1. The Hall–Kier alpha value is -1.86. The molecule has 7 heteroatoms. The van der Waals surface area contributed by atoms with Gasteiger partial charge in [-0.1, -0.05) is 6.92 Å². The summed E-state index contributed by atoms with van der Waals surface area (Å²) >= 11 is 1.47. The third-order valence-corrected chi connectivity index (χ3v) is 4.68. The third kappa shape index (κ3) is 3.15. The monoisotopic (exact) mass is 317 g/mol. The van der Waals surface area contributed by atoms with Gasteiger partial charge >= 0.3 is 0 Å². The topological polar surface area (TPSA) is 62.2 Å². The zero-order chi connectivity index (χ0) is 15.5. The molecule has 116 valence electrons. The van der Waals surface area contributed by atoms with E-state index in [0.29, 0.717) is 13.1 Å². The minimum atomic E-state index is 0.0585. The van der Waals surface area contributed by atoms with E-state index < -0.39 is 0 Å². The predicted molar refractivity (Wildman–Crippen MR) is 85.9 cm³/mol. The molecule has 0 saturated heterocycles. The normalized spacial score (nSPS) is 14.6. The van der Waals surface area contributed by atoms with Gasteiger partial charge in [0, 0.05) is 44.3 Å². The zero-order valence-electron chi connectivity index (χ0n) is 12.8. The maximum atomic E-state index is 12.4. The van der Waals surface area contributed by atoms with E-state index in [0.717, 1.165) is 36.0 Å². The average Bonchev–Trinajstić information content (AvgIpc) is 3.07. The average molecular weight is 317 g/mol. The molecule has 3 rings (SSSR count). The van der Waals surface area contributed by atoms with Crippen LogP contribution in [-0.4, -0.2) is 45.9 Å². The van der Waals surface area contributed by atoms with Crippen molar-refractivity contribution in [3.05, 3.63) is 34.9 Å². The molecule has 1 aliphatic heterocycles. The van der Waals surface area contributed by atoms with Crippen molar-refractivity contribution in [3.8, 4) is 0 Å². The van der Waals surface area contributed by atoms with Gasteiger partial charge in [0.2, 0.25) is 5.91 Å². The van der Waals surface area contributed by atoms with E-state index in [1.165, 1.54) is 16.9 Å². The van der Waals surface area contributed by atoms with Crippen LogP contribution in [-0.2, 0) is 24.2 Å². The fourth-order valence-electron chi connectivity index (χ4n) is 2.49. The highest BCUT2D eigenvalue weighted by Gasteiger charge is 2.22. The Balaban J connectivity index is 1.66. The number of carbonyl (C=O) groups is 1. The van der Waals surface area contributed by atoms with Crippen molar-refractivity contribution in [1.29, 1.82) is 0 Å². The molecule has 0 fully saturated rings. The molecule has 6 nitrogen and oxygen atoms in total. The summed E-state index contributed by atoms with van der Waals surface area (Å²) in [6, 6.07) is 0. The van der Waals surface area contributed by atoms with E-state index in [2.05, 4.69) is 26.8 Å². The van der Waals surface area contributed by atoms with Crippen molar-refractivity contribution >= 4 is 22.4 Å². The quantitative estimate of drug-likeness (QED) is 0.855. The van der Waals surface area contributed by atoms with Crippen LogP contribution in [0.4, 0.5) is 5.13 Å². The van der Waals surface area contributed by atoms with Crippen LogP contribution in [0.25, 0.3) is 0 Å². The van der Waals surface area contributed by atoms with Gasteiger partial charge in [-0.2, -0.15) is 0 Å². The lowest BCUT2D eigenvalue weighted by molar-refractivity contribution is -0.119. The summed E-state index contributed by atoms with van der Waals surface area (Å²) in [5, 5.41) is 2.61. The molecular weight excluding hydrogens is 298 g/mol. The summed E-state index contributed by atoms with van der Waals surface area (Å²) in [6.07, 6.45) is 5.37. The SMILES string of the molecule is CCc1ncc2c(n1)CN(CC(=O)N(C)c1nccs1)CC2. The van der Waals surface area contributed by atoms with Gasteiger partial charge in [0.25, 0.3) is 0 Å². The second kappa shape index (κ2) is 6.50. The number of amides is 1. The summed E-state index contributed by atoms with van der Waals surface area (Å²) in [5.74, 6) is 0.926. The van der Waals surface area contributed by atoms with Crippen molar-refractivity contribution in [2.75, 3.05) is 25.0 Å². The molecule has 0 atom stereocenters. The summed E-state index contributed by atoms with van der Waals surface area (Å²) in [6.45, 7) is 4.01. The molecule has 0 unspecified atom stereocenters.